The van der Waals surface area contributed by atoms with Crippen LogP contribution in [0.3, 0.4) is 0 Å². The highest BCUT2D eigenvalue weighted by molar-refractivity contribution is 5.76. The number of amides is 1. The topological polar surface area (TPSA) is 132 Å². The van der Waals surface area contributed by atoms with E-state index in [0.717, 1.165) is 5.69 Å². The van der Waals surface area contributed by atoms with E-state index in [4.69, 9.17) is 5.73 Å². The number of hydrogen-bond donors (Lipinski definition) is 3. The van der Waals surface area contributed by atoms with Crippen molar-refractivity contribution in [2.24, 2.45) is 5.92 Å². The van der Waals surface area contributed by atoms with Gasteiger partial charge in [0.1, 0.15) is 6.54 Å². The van der Waals surface area contributed by atoms with Crippen molar-refractivity contribution in [1.29, 1.82) is 0 Å². The minimum absolute atomic E-state index is 0.0581. The lowest BCUT2D eigenvalue weighted by Crippen LogP contribution is -2.42. The number of nitrogens with one attached hydrogen (secondary N) is 1. The van der Waals surface area contributed by atoms with E-state index in [1.807, 2.05) is 18.2 Å². The molecule has 9 nitrogen and oxygen atoms in total. The average Bonchev–Trinajstić information content (AvgIpc) is 2.88. The summed E-state index contributed by atoms with van der Waals surface area (Å²) in [6.45, 7) is -0.0581. The van der Waals surface area contributed by atoms with Gasteiger partial charge in [0, 0.05) is 6.20 Å². The van der Waals surface area contributed by atoms with Crippen molar-refractivity contribution >= 4 is 11.9 Å². The fourth-order valence-electron chi connectivity index (χ4n) is 2.57. The van der Waals surface area contributed by atoms with Crippen LogP contribution < -0.4 is 11.1 Å². The van der Waals surface area contributed by atoms with E-state index in [1.165, 1.54) is 4.68 Å². The molecule has 0 radical (unpaired) electrons. The molecule has 4 N–H and O–H groups in total. The van der Waals surface area contributed by atoms with Gasteiger partial charge in [-0.1, -0.05) is 11.2 Å². The molecule has 2 heterocycles. The second-order valence-corrected chi connectivity index (χ2v) is 5.38. The number of anilines is 1. The Labute approximate surface area is 126 Å². The second kappa shape index (κ2) is 6.06. The Bertz CT molecular complexity index is 639. The first kappa shape index (κ1) is 14.4. The summed E-state index contributed by atoms with van der Waals surface area (Å²) in [5, 5.41) is 23.0. The summed E-state index contributed by atoms with van der Waals surface area (Å²) >= 11 is 0. The molecule has 2 aromatic heterocycles. The van der Waals surface area contributed by atoms with Crippen LogP contribution in [0.2, 0.25) is 0 Å². The number of nitrogens with zero attached hydrogens (tertiary/aromatic N) is 5. The van der Waals surface area contributed by atoms with Crippen LogP contribution in [0, 0.1) is 5.92 Å². The minimum atomic E-state index is -0.303. The van der Waals surface area contributed by atoms with Crippen LogP contribution in [-0.4, -0.2) is 42.3 Å². The normalized spacial score (nSPS) is 21.9. The van der Waals surface area contributed by atoms with E-state index in [-0.39, 0.29) is 36.5 Å². The quantitative estimate of drug-likeness (QED) is 0.664. The molecule has 1 atom stereocenters. The maximum Gasteiger partial charge on any atom is 0.242 e. The zero-order valence-electron chi connectivity index (χ0n) is 11.8. The van der Waals surface area contributed by atoms with Crippen LogP contribution in [-0.2, 0) is 11.3 Å². The van der Waals surface area contributed by atoms with Gasteiger partial charge < -0.3 is 16.2 Å². The molecule has 0 spiro atoms. The Morgan fingerprint density at radius 3 is 2.91 bits per heavy atom. The molecule has 3 rings (SSSR count). The summed E-state index contributed by atoms with van der Waals surface area (Å²) in [6, 6.07) is 5.31. The first-order chi connectivity index (χ1) is 10.6. The summed E-state index contributed by atoms with van der Waals surface area (Å²) in [7, 11) is 0. The smallest absolute Gasteiger partial charge is 0.242 e. The third-order valence-corrected chi connectivity index (χ3v) is 3.80. The Morgan fingerprint density at radius 2 is 2.32 bits per heavy atom. The van der Waals surface area contributed by atoms with Gasteiger partial charge in [-0.25, -0.2) is 4.68 Å². The van der Waals surface area contributed by atoms with Crippen molar-refractivity contribution < 1.29 is 9.90 Å². The summed E-state index contributed by atoms with van der Waals surface area (Å²) in [5.74, 6) is -0.000265. The van der Waals surface area contributed by atoms with Crippen LogP contribution in [0.25, 0.3) is 0 Å². The van der Waals surface area contributed by atoms with Crippen LogP contribution in [0.4, 0.5) is 5.95 Å². The minimum Gasteiger partial charge on any atom is -0.393 e. The number of carbonyl (C=O) groups is 1. The molecule has 1 amide bonds. The number of aliphatic hydroxyl groups excluding tert-OH is 1. The summed E-state index contributed by atoms with van der Waals surface area (Å²) in [5.41, 5.74) is 6.32. The number of aliphatic hydroxyl groups is 1. The zero-order valence-corrected chi connectivity index (χ0v) is 11.8. The molecular formula is C13H17N7O2. The molecule has 1 fully saturated rings. The second-order valence-electron chi connectivity index (χ2n) is 5.38. The van der Waals surface area contributed by atoms with E-state index in [2.05, 4.69) is 25.8 Å². The highest BCUT2D eigenvalue weighted by atomic mass is 16.3. The molecule has 2 aromatic rings. The molecule has 116 valence electrons. The van der Waals surface area contributed by atoms with Gasteiger partial charge >= 0.3 is 0 Å². The number of carbonyl (C=O) groups excluding carboxylic acids is 1. The lowest BCUT2D eigenvalue weighted by molar-refractivity contribution is -0.123. The Morgan fingerprint density at radius 1 is 1.50 bits per heavy atom. The van der Waals surface area contributed by atoms with Gasteiger partial charge in [0.25, 0.3) is 0 Å². The third-order valence-electron chi connectivity index (χ3n) is 3.80. The highest BCUT2D eigenvalue weighted by Crippen LogP contribution is 2.37. The number of nitrogens with two attached hydrogens (primary N) is 1. The number of nitrogen functional groups attached to an aromatic ring is 1. The number of rotatable bonds is 5. The monoisotopic (exact) mass is 303 g/mol. The molecule has 9 heteroatoms. The van der Waals surface area contributed by atoms with Gasteiger partial charge in [-0.05, 0) is 41.3 Å². The average molecular weight is 303 g/mol. The van der Waals surface area contributed by atoms with Gasteiger partial charge in [-0.15, -0.1) is 0 Å². The first-order valence-corrected chi connectivity index (χ1v) is 7.03. The largest absolute Gasteiger partial charge is 0.393 e. The first-order valence-electron chi connectivity index (χ1n) is 7.03. The Balaban J connectivity index is 1.70. The Kier molecular flexibility index (Phi) is 3.96. The predicted octanol–water partition coefficient (Wildman–Crippen LogP) is -0.721. The van der Waals surface area contributed by atoms with Crippen LogP contribution in [0.15, 0.2) is 24.4 Å². The van der Waals surface area contributed by atoms with E-state index in [9.17, 15) is 9.90 Å². The number of pyridine rings is 1. The molecule has 0 aliphatic heterocycles. The van der Waals surface area contributed by atoms with Crippen LogP contribution in [0.5, 0.6) is 0 Å². The van der Waals surface area contributed by atoms with Crippen molar-refractivity contribution in [1.82, 2.24) is 30.5 Å². The standard InChI is InChI=1S/C13H17N7O2/c14-13-17-18-19-20(13)7-11(22)16-12(8-5-9(21)6-8)10-3-1-2-4-15-10/h1-4,8-9,12,21H,5-7H2,(H,16,22)(H2,14,17,19)/t8?,9?,12-/m0/s1. The maximum atomic E-state index is 12.2. The molecule has 0 saturated heterocycles. The molecule has 0 aromatic carbocycles. The van der Waals surface area contributed by atoms with E-state index in [0.29, 0.717) is 12.8 Å². The van der Waals surface area contributed by atoms with Gasteiger partial charge in [-0.2, -0.15) is 0 Å². The summed E-state index contributed by atoms with van der Waals surface area (Å²) in [6.07, 6.45) is 2.68. The molecular weight excluding hydrogens is 286 g/mol. The van der Waals surface area contributed by atoms with Gasteiger partial charge in [0.05, 0.1) is 17.8 Å². The van der Waals surface area contributed by atoms with Crippen molar-refractivity contribution in [3.05, 3.63) is 30.1 Å². The number of hydrogen-bond acceptors (Lipinski definition) is 7. The maximum absolute atomic E-state index is 12.2. The van der Waals surface area contributed by atoms with Crippen molar-refractivity contribution in [2.75, 3.05) is 5.73 Å². The predicted molar refractivity (Wildman–Crippen MR) is 76.1 cm³/mol. The molecule has 1 aliphatic rings. The van der Waals surface area contributed by atoms with E-state index >= 15 is 0 Å². The summed E-state index contributed by atoms with van der Waals surface area (Å²) in [4.78, 5) is 16.5. The number of aromatic nitrogens is 5. The van der Waals surface area contributed by atoms with E-state index in [1.54, 1.807) is 6.20 Å². The molecule has 22 heavy (non-hydrogen) atoms. The fraction of sp³-hybridized carbons (Fsp3) is 0.462. The van der Waals surface area contributed by atoms with Gasteiger partial charge in [-0.3, -0.25) is 9.78 Å². The van der Waals surface area contributed by atoms with Crippen molar-refractivity contribution in [3.8, 4) is 0 Å². The molecule has 1 saturated carbocycles. The lowest BCUT2D eigenvalue weighted by atomic mass is 9.76. The van der Waals surface area contributed by atoms with Crippen LogP contribution >= 0.6 is 0 Å². The lowest BCUT2D eigenvalue weighted by Gasteiger charge is -2.37. The Hall–Kier alpha value is -2.55. The van der Waals surface area contributed by atoms with E-state index < -0.39 is 0 Å². The number of tetrazole rings is 1. The fourth-order valence-corrected chi connectivity index (χ4v) is 2.57. The van der Waals surface area contributed by atoms with Crippen LogP contribution in [0.1, 0.15) is 24.6 Å². The third kappa shape index (κ3) is 3.03. The zero-order chi connectivity index (χ0) is 15.5. The van der Waals surface area contributed by atoms with Crippen molar-refractivity contribution in [3.63, 3.8) is 0 Å². The van der Waals surface area contributed by atoms with Gasteiger partial charge in [0.15, 0.2) is 0 Å². The molecule has 0 bridgehead atoms. The van der Waals surface area contributed by atoms with Crippen molar-refractivity contribution in [2.45, 2.75) is 31.5 Å². The van der Waals surface area contributed by atoms with Gasteiger partial charge in [0.2, 0.25) is 11.9 Å². The molecule has 0 unspecified atom stereocenters. The molecule has 1 aliphatic carbocycles. The highest BCUT2D eigenvalue weighted by Gasteiger charge is 2.36. The SMILES string of the molecule is Nc1nnnn1CC(=O)N[C@H](c1ccccn1)C1CC(O)C1. The summed E-state index contributed by atoms with van der Waals surface area (Å²) < 4.78 is 1.22.